The molecular formula is C13H14N2O. The topological polar surface area (TPSA) is 27.1 Å². The highest BCUT2D eigenvalue weighted by atomic mass is 16.5. The van der Waals surface area contributed by atoms with E-state index in [0.717, 1.165) is 24.5 Å². The van der Waals surface area contributed by atoms with Gasteiger partial charge in [0.2, 0.25) is 0 Å². The molecule has 1 atom stereocenters. The van der Waals surface area contributed by atoms with Crippen molar-refractivity contribution in [2.24, 2.45) is 0 Å². The summed E-state index contributed by atoms with van der Waals surface area (Å²) in [5, 5.41) is 0. The number of imidazole rings is 1. The first-order chi connectivity index (χ1) is 7.83. The van der Waals surface area contributed by atoms with Gasteiger partial charge in [-0.3, -0.25) is 0 Å². The van der Waals surface area contributed by atoms with Gasteiger partial charge in [0.25, 0.3) is 0 Å². The van der Waals surface area contributed by atoms with E-state index in [1.54, 1.807) is 0 Å². The molecule has 1 aromatic heterocycles. The van der Waals surface area contributed by atoms with Crippen LogP contribution in [0.25, 0.3) is 0 Å². The van der Waals surface area contributed by atoms with Crippen LogP contribution in [-0.4, -0.2) is 15.7 Å². The predicted octanol–water partition coefficient (Wildman–Crippen LogP) is 2.20. The zero-order valence-electron chi connectivity index (χ0n) is 9.26. The first-order valence-electron chi connectivity index (χ1n) is 5.55. The van der Waals surface area contributed by atoms with Crippen molar-refractivity contribution in [1.29, 1.82) is 0 Å². The fourth-order valence-corrected chi connectivity index (χ4v) is 2.17. The molecule has 82 valence electrons. The Morgan fingerprint density at radius 3 is 3.06 bits per heavy atom. The number of benzene rings is 1. The highest BCUT2D eigenvalue weighted by molar-refractivity contribution is 5.37. The van der Waals surface area contributed by atoms with Crippen LogP contribution in [0.15, 0.2) is 36.7 Å². The first kappa shape index (κ1) is 9.46. The zero-order chi connectivity index (χ0) is 11.0. The normalized spacial score (nSPS) is 18.2. The molecule has 3 rings (SSSR count). The molecule has 2 heterocycles. The minimum Gasteiger partial charge on any atom is -0.488 e. The lowest BCUT2D eigenvalue weighted by atomic mass is 10.1. The zero-order valence-corrected chi connectivity index (χ0v) is 9.26. The highest BCUT2D eigenvalue weighted by Crippen LogP contribution is 2.28. The third-order valence-electron chi connectivity index (χ3n) is 3.04. The molecule has 1 unspecified atom stereocenters. The molecule has 3 heteroatoms. The molecule has 1 aliphatic heterocycles. The Kier molecular flexibility index (Phi) is 2.17. The molecule has 0 bridgehead atoms. The summed E-state index contributed by atoms with van der Waals surface area (Å²) < 4.78 is 8.02. The molecule has 0 aliphatic carbocycles. The van der Waals surface area contributed by atoms with Gasteiger partial charge in [-0.25, -0.2) is 4.98 Å². The minimum atomic E-state index is 0.241. The lowest BCUT2D eigenvalue weighted by Crippen LogP contribution is -2.21. The van der Waals surface area contributed by atoms with Crippen molar-refractivity contribution >= 4 is 0 Å². The second-order valence-electron chi connectivity index (χ2n) is 4.18. The summed E-state index contributed by atoms with van der Waals surface area (Å²) in [6.45, 7) is 2.89. The van der Waals surface area contributed by atoms with Gasteiger partial charge in [-0.15, -0.1) is 0 Å². The molecule has 16 heavy (non-hydrogen) atoms. The quantitative estimate of drug-likeness (QED) is 0.766. The minimum absolute atomic E-state index is 0.241. The van der Waals surface area contributed by atoms with Crippen LogP contribution >= 0.6 is 0 Å². The van der Waals surface area contributed by atoms with Crippen LogP contribution in [-0.2, 0) is 13.0 Å². The molecule has 0 radical (unpaired) electrons. The Balaban J connectivity index is 1.75. The molecule has 3 nitrogen and oxygen atoms in total. The Hall–Kier alpha value is -1.77. The summed E-state index contributed by atoms with van der Waals surface area (Å²) in [5.41, 5.74) is 1.31. The molecule has 1 aromatic carbocycles. The summed E-state index contributed by atoms with van der Waals surface area (Å²) in [5.74, 6) is 2.07. The Morgan fingerprint density at radius 1 is 1.44 bits per heavy atom. The number of aryl methyl sites for hydroxylation is 1. The number of hydrogen-bond donors (Lipinski definition) is 0. The van der Waals surface area contributed by atoms with Crippen molar-refractivity contribution in [1.82, 2.24) is 9.55 Å². The SMILES string of the molecule is Cc1nccn1CC1Cc2ccccc2O1. The van der Waals surface area contributed by atoms with E-state index in [0.29, 0.717) is 0 Å². The molecule has 0 N–H and O–H groups in total. The standard InChI is InChI=1S/C13H14N2O/c1-10-14-6-7-15(10)9-12-8-11-4-2-3-5-13(11)16-12/h2-7,12H,8-9H2,1H3. The molecule has 0 amide bonds. The van der Waals surface area contributed by atoms with Crippen molar-refractivity contribution in [3.8, 4) is 5.75 Å². The van der Waals surface area contributed by atoms with Crippen LogP contribution in [0.1, 0.15) is 11.4 Å². The van der Waals surface area contributed by atoms with Crippen LogP contribution in [0.2, 0.25) is 0 Å². The largest absolute Gasteiger partial charge is 0.488 e. The van der Waals surface area contributed by atoms with Crippen LogP contribution in [0.3, 0.4) is 0 Å². The number of fused-ring (bicyclic) bond motifs is 1. The summed E-state index contributed by atoms with van der Waals surface area (Å²) in [6, 6.07) is 8.25. The first-order valence-corrected chi connectivity index (χ1v) is 5.55. The van der Waals surface area contributed by atoms with Crippen LogP contribution in [0, 0.1) is 6.92 Å². The lowest BCUT2D eigenvalue weighted by Gasteiger charge is -2.12. The summed E-state index contributed by atoms with van der Waals surface area (Å²) >= 11 is 0. The van der Waals surface area contributed by atoms with Crippen molar-refractivity contribution in [3.05, 3.63) is 48.0 Å². The number of ether oxygens (including phenoxy) is 1. The Bertz CT molecular complexity index is 479. The number of rotatable bonds is 2. The lowest BCUT2D eigenvalue weighted by molar-refractivity contribution is 0.208. The fraction of sp³-hybridized carbons (Fsp3) is 0.308. The molecule has 2 aromatic rings. The second kappa shape index (κ2) is 3.67. The van der Waals surface area contributed by atoms with Gasteiger partial charge in [0.15, 0.2) is 0 Å². The Morgan fingerprint density at radius 2 is 2.31 bits per heavy atom. The fourth-order valence-electron chi connectivity index (χ4n) is 2.17. The number of nitrogens with zero attached hydrogens (tertiary/aromatic N) is 2. The van der Waals surface area contributed by atoms with Gasteiger partial charge in [0.1, 0.15) is 17.7 Å². The predicted molar refractivity (Wildman–Crippen MR) is 61.5 cm³/mol. The van der Waals surface area contributed by atoms with E-state index in [1.807, 2.05) is 31.5 Å². The van der Waals surface area contributed by atoms with Crippen LogP contribution in [0.5, 0.6) is 5.75 Å². The third kappa shape index (κ3) is 1.58. The highest BCUT2D eigenvalue weighted by Gasteiger charge is 2.22. The van der Waals surface area contributed by atoms with E-state index in [-0.39, 0.29) is 6.10 Å². The van der Waals surface area contributed by atoms with Gasteiger partial charge in [0.05, 0.1) is 6.54 Å². The molecule has 0 saturated heterocycles. The van der Waals surface area contributed by atoms with Gasteiger partial charge in [0, 0.05) is 18.8 Å². The van der Waals surface area contributed by atoms with Crippen molar-refractivity contribution in [3.63, 3.8) is 0 Å². The van der Waals surface area contributed by atoms with E-state index in [1.165, 1.54) is 5.56 Å². The molecule has 0 saturated carbocycles. The van der Waals surface area contributed by atoms with E-state index < -0.39 is 0 Å². The van der Waals surface area contributed by atoms with Crippen LogP contribution < -0.4 is 4.74 Å². The monoisotopic (exact) mass is 214 g/mol. The average Bonchev–Trinajstić information content (AvgIpc) is 2.85. The maximum atomic E-state index is 5.89. The maximum Gasteiger partial charge on any atom is 0.123 e. The summed E-state index contributed by atoms with van der Waals surface area (Å²) in [4.78, 5) is 4.22. The smallest absolute Gasteiger partial charge is 0.123 e. The van der Waals surface area contributed by atoms with E-state index in [9.17, 15) is 0 Å². The summed E-state index contributed by atoms with van der Waals surface area (Å²) in [7, 11) is 0. The van der Waals surface area contributed by atoms with E-state index in [4.69, 9.17) is 4.74 Å². The van der Waals surface area contributed by atoms with E-state index in [2.05, 4.69) is 21.7 Å². The van der Waals surface area contributed by atoms with Crippen LogP contribution in [0.4, 0.5) is 0 Å². The van der Waals surface area contributed by atoms with Gasteiger partial charge in [-0.05, 0) is 18.6 Å². The Labute approximate surface area is 94.7 Å². The molecule has 0 spiro atoms. The van der Waals surface area contributed by atoms with Crippen molar-refractivity contribution in [2.75, 3.05) is 0 Å². The number of para-hydroxylation sites is 1. The summed E-state index contributed by atoms with van der Waals surface area (Å²) in [6.07, 6.45) is 5.07. The van der Waals surface area contributed by atoms with Crippen molar-refractivity contribution in [2.45, 2.75) is 26.0 Å². The van der Waals surface area contributed by atoms with Gasteiger partial charge < -0.3 is 9.30 Å². The molecule has 0 fully saturated rings. The average molecular weight is 214 g/mol. The number of aromatic nitrogens is 2. The maximum absolute atomic E-state index is 5.89. The third-order valence-corrected chi connectivity index (χ3v) is 3.04. The molecule has 1 aliphatic rings. The second-order valence-corrected chi connectivity index (χ2v) is 4.18. The van der Waals surface area contributed by atoms with Gasteiger partial charge in [-0.2, -0.15) is 0 Å². The number of hydrogen-bond acceptors (Lipinski definition) is 2. The van der Waals surface area contributed by atoms with Gasteiger partial charge in [-0.1, -0.05) is 18.2 Å². The van der Waals surface area contributed by atoms with Crippen molar-refractivity contribution < 1.29 is 4.74 Å². The van der Waals surface area contributed by atoms with Gasteiger partial charge >= 0.3 is 0 Å². The molecular weight excluding hydrogens is 200 g/mol. The van der Waals surface area contributed by atoms with E-state index >= 15 is 0 Å².